The van der Waals surface area contributed by atoms with Crippen molar-refractivity contribution in [2.75, 3.05) is 6.54 Å². The number of carbonyl (C=O) groups excluding carboxylic acids is 1. The van der Waals surface area contributed by atoms with Crippen LogP contribution in [-0.4, -0.2) is 12.3 Å². The van der Waals surface area contributed by atoms with Crippen LogP contribution >= 0.6 is 0 Å². The Balaban J connectivity index is 4.12. The molecule has 2 N–H and O–H groups in total. The molecule has 0 bridgehead atoms. The van der Waals surface area contributed by atoms with Gasteiger partial charge < -0.3 is 5.73 Å². The maximum atomic E-state index is 11.4. The van der Waals surface area contributed by atoms with Gasteiger partial charge in [0.2, 0.25) is 0 Å². The van der Waals surface area contributed by atoms with E-state index in [9.17, 15) is 4.79 Å². The number of ketones is 1. The van der Waals surface area contributed by atoms with Gasteiger partial charge in [0, 0.05) is 11.8 Å². The molecule has 0 aliphatic carbocycles. The summed E-state index contributed by atoms with van der Waals surface area (Å²) in [6.45, 7) is 6.61. The van der Waals surface area contributed by atoms with Crippen LogP contribution in [0.3, 0.4) is 0 Å². The predicted molar refractivity (Wildman–Crippen MR) is 47.4 cm³/mol. The highest BCUT2D eigenvalue weighted by molar-refractivity contribution is 5.84. The zero-order chi connectivity index (χ0) is 8.91. The highest BCUT2D eigenvalue weighted by Gasteiger charge is 2.27. The van der Waals surface area contributed by atoms with Gasteiger partial charge in [-0.25, -0.2) is 0 Å². The zero-order valence-corrected chi connectivity index (χ0v) is 7.81. The summed E-state index contributed by atoms with van der Waals surface area (Å²) in [5.41, 5.74) is 5.19. The third kappa shape index (κ3) is 2.62. The van der Waals surface area contributed by atoms with Gasteiger partial charge in [0.15, 0.2) is 0 Å². The topological polar surface area (TPSA) is 43.1 Å². The standard InChI is InChI=1S/C9H19NO/c1-4-9(3,5-2)8(11)6-7-10/h4-7,10H2,1-3H3. The number of hydrogen-bond donors (Lipinski definition) is 1. The van der Waals surface area contributed by atoms with Crippen molar-refractivity contribution in [2.24, 2.45) is 11.1 Å². The van der Waals surface area contributed by atoms with Crippen LogP contribution in [0.5, 0.6) is 0 Å². The molecule has 0 aromatic carbocycles. The van der Waals surface area contributed by atoms with E-state index >= 15 is 0 Å². The second-order valence-corrected chi connectivity index (χ2v) is 3.23. The molecule has 0 spiro atoms. The first-order valence-corrected chi connectivity index (χ1v) is 4.34. The minimum Gasteiger partial charge on any atom is -0.330 e. The molecular formula is C9H19NO. The Morgan fingerprint density at radius 3 is 2.09 bits per heavy atom. The molecule has 2 nitrogen and oxygen atoms in total. The van der Waals surface area contributed by atoms with Gasteiger partial charge in [-0.3, -0.25) is 4.79 Å². The lowest BCUT2D eigenvalue weighted by Gasteiger charge is -2.24. The van der Waals surface area contributed by atoms with Crippen molar-refractivity contribution in [1.29, 1.82) is 0 Å². The summed E-state index contributed by atoms with van der Waals surface area (Å²) in [7, 11) is 0. The van der Waals surface area contributed by atoms with Gasteiger partial charge in [-0.15, -0.1) is 0 Å². The molecule has 0 rings (SSSR count). The van der Waals surface area contributed by atoms with Crippen LogP contribution in [0.25, 0.3) is 0 Å². The first-order valence-electron chi connectivity index (χ1n) is 4.34. The minimum absolute atomic E-state index is 0.126. The number of hydrogen-bond acceptors (Lipinski definition) is 2. The molecule has 0 fully saturated rings. The lowest BCUT2D eigenvalue weighted by atomic mass is 9.79. The van der Waals surface area contributed by atoms with Crippen LogP contribution in [-0.2, 0) is 4.79 Å². The van der Waals surface area contributed by atoms with Crippen molar-refractivity contribution in [2.45, 2.75) is 40.0 Å². The molecule has 0 amide bonds. The summed E-state index contributed by atoms with van der Waals surface area (Å²) in [6, 6.07) is 0. The average Bonchev–Trinajstić information content (AvgIpc) is 2.03. The maximum Gasteiger partial charge on any atom is 0.139 e. The summed E-state index contributed by atoms with van der Waals surface area (Å²) < 4.78 is 0. The highest BCUT2D eigenvalue weighted by Crippen LogP contribution is 2.27. The molecular weight excluding hydrogens is 138 g/mol. The predicted octanol–water partition coefficient (Wildman–Crippen LogP) is 1.73. The summed E-state index contributed by atoms with van der Waals surface area (Å²) in [5, 5.41) is 0. The van der Waals surface area contributed by atoms with Crippen LogP contribution in [0.15, 0.2) is 0 Å². The van der Waals surface area contributed by atoms with Gasteiger partial charge in [0.1, 0.15) is 5.78 Å². The lowest BCUT2D eigenvalue weighted by Crippen LogP contribution is -2.28. The summed E-state index contributed by atoms with van der Waals surface area (Å²) in [6.07, 6.45) is 2.36. The van der Waals surface area contributed by atoms with Crippen molar-refractivity contribution < 1.29 is 4.79 Å². The number of carbonyl (C=O) groups is 1. The Kier molecular flexibility index (Phi) is 4.34. The SMILES string of the molecule is CCC(C)(CC)C(=O)CCN. The Hall–Kier alpha value is -0.370. The molecule has 0 aliphatic rings. The minimum atomic E-state index is -0.126. The van der Waals surface area contributed by atoms with Gasteiger partial charge >= 0.3 is 0 Å². The number of nitrogens with two attached hydrogens (primary N) is 1. The van der Waals surface area contributed by atoms with E-state index in [4.69, 9.17) is 5.73 Å². The van der Waals surface area contributed by atoms with E-state index in [-0.39, 0.29) is 5.41 Å². The third-order valence-corrected chi connectivity index (χ3v) is 2.61. The molecule has 0 saturated carbocycles. The molecule has 2 heteroatoms. The van der Waals surface area contributed by atoms with Gasteiger partial charge in [0.05, 0.1) is 0 Å². The summed E-state index contributed by atoms with van der Waals surface area (Å²) >= 11 is 0. The second-order valence-electron chi connectivity index (χ2n) is 3.23. The maximum absolute atomic E-state index is 11.4. The van der Waals surface area contributed by atoms with Crippen LogP contribution < -0.4 is 5.73 Å². The van der Waals surface area contributed by atoms with Gasteiger partial charge in [0.25, 0.3) is 0 Å². The normalized spacial score (nSPS) is 11.6. The van der Waals surface area contributed by atoms with Gasteiger partial charge in [-0.05, 0) is 19.4 Å². The van der Waals surface area contributed by atoms with E-state index in [1.165, 1.54) is 0 Å². The zero-order valence-electron chi connectivity index (χ0n) is 7.81. The van der Waals surface area contributed by atoms with E-state index in [1.54, 1.807) is 0 Å². The molecule has 11 heavy (non-hydrogen) atoms. The van der Waals surface area contributed by atoms with Crippen LogP contribution in [0.4, 0.5) is 0 Å². The molecule has 66 valence electrons. The van der Waals surface area contributed by atoms with E-state index in [1.807, 2.05) is 6.92 Å². The Bertz CT molecular complexity index is 128. The van der Waals surface area contributed by atoms with E-state index in [0.717, 1.165) is 12.8 Å². The van der Waals surface area contributed by atoms with E-state index < -0.39 is 0 Å². The monoisotopic (exact) mass is 157 g/mol. The largest absolute Gasteiger partial charge is 0.330 e. The quantitative estimate of drug-likeness (QED) is 0.660. The van der Waals surface area contributed by atoms with Crippen LogP contribution in [0.2, 0.25) is 0 Å². The van der Waals surface area contributed by atoms with E-state index in [0.29, 0.717) is 18.7 Å². The lowest BCUT2D eigenvalue weighted by molar-refractivity contribution is -0.128. The fraction of sp³-hybridized carbons (Fsp3) is 0.889. The average molecular weight is 157 g/mol. The van der Waals surface area contributed by atoms with Gasteiger partial charge in [-0.1, -0.05) is 20.8 Å². The molecule has 0 heterocycles. The molecule has 0 aromatic rings. The first kappa shape index (κ1) is 10.6. The van der Waals surface area contributed by atoms with Crippen molar-refractivity contribution >= 4 is 5.78 Å². The molecule has 0 unspecified atom stereocenters. The Morgan fingerprint density at radius 1 is 1.36 bits per heavy atom. The molecule has 0 aromatic heterocycles. The fourth-order valence-corrected chi connectivity index (χ4v) is 1.08. The fourth-order valence-electron chi connectivity index (χ4n) is 1.08. The molecule has 0 saturated heterocycles. The molecule has 0 atom stereocenters. The molecule has 0 aliphatic heterocycles. The van der Waals surface area contributed by atoms with Crippen molar-refractivity contribution in [3.8, 4) is 0 Å². The Morgan fingerprint density at radius 2 is 1.82 bits per heavy atom. The van der Waals surface area contributed by atoms with Crippen molar-refractivity contribution in [3.05, 3.63) is 0 Å². The van der Waals surface area contributed by atoms with Crippen molar-refractivity contribution in [3.63, 3.8) is 0 Å². The first-order chi connectivity index (χ1) is 5.10. The van der Waals surface area contributed by atoms with E-state index in [2.05, 4.69) is 13.8 Å². The summed E-state index contributed by atoms with van der Waals surface area (Å²) in [4.78, 5) is 11.4. The number of Topliss-reactive ketones (excluding diaryl/α,β-unsaturated/α-hetero) is 1. The van der Waals surface area contributed by atoms with Crippen molar-refractivity contribution in [1.82, 2.24) is 0 Å². The Labute approximate surface area is 69.2 Å². The van der Waals surface area contributed by atoms with Gasteiger partial charge in [-0.2, -0.15) is 0 Å². The molecule has 0 radical (unpaired) electrons. The highest BCUT2D eigenvalue weighted by atomic mass is 16.1. The smallest absolute Gasteiger partial charge is 0.139 e. The third-order valence-electron chi connectivity index (χ3n) is 2.61. The van der Waals surface area contributed by atoms with Crippen LogP contribution in [0.1, 0.15) is 40.0 Å². The second kappa shape index (κ2) is 4.50. The summed E-state index contributed by atoms with van der Waals surface area (Å²) in [5.74, 6) is 0.310. The number of rotatable bonds is 5. The van der Waals surface area contributed by atoms with Crippen LogP contribution in [0, 0.1) is 5.41 Å².